The summed E-state index contributed by atoms with van der Waals surface area (Å²) in [5, 5.41) is 3.85. The molecule has 0 aromatic heterocycles. The van der Waals surface area contributed by atoms with Crippen molar-refractivity contribution in [1.82, 2.24) is 5.32 Å². The minimum absolute atomic E-state index is 0.109. The molecule has 2 nitrogen and oxygen atoms in total. The number of rotatable bonds is 5. The van der Waals surface area contributed by atoms with Gasteiger partial charge in [-0.2, -0.15) is 0 Å². The number of nitrogens with one attached hydrogen (secondary N) is 1. The molecule has 0 amide bonds. The van der Waals surface area contributed by atoms with Gasteiger partial charge in [0.2, 0.25) is 0 Å². The molecule has 1 aliphatic rings. The van der Waals surface area contributed by atoms with Crippen molar-refractivity contribution >= 4 is 0 Å². The van der Waals surface area contributed by atoms with Crippen LogP contribution in [-0.2, 0) is 6.42 Å². The Morgan fingerprint density at radius 3 is 2.52 bits per heavy atom. The molecule has 0 saturated heterocycles. The van der Waals surface area contributed by atoms with Crippen LogP contribution in [0.25, 0.3) is 0 Å². The van der Waals surface area contributed by atoms with Gasteiger partial charge in [-0.25, -0.2) is 4.39 Å². The molecule has 3 atom stereocenters. The Labute approximate surface area is 150 Å². The Morgan fingerprint density at radius 1 is 1.12 bits per heavy atom. The Balaban J connectivity index is 1.72. The number of aryl methyl sites for hydroxylation is 1. The predicted octanol–water partition coefficient (Wildman–Crippen LogP) is 4.91. The molecule has 0 aliphatic heterocycles. The fraction of sp³-hybridized carbons (Fsp3) is 0.455. The van der Waals surface area contributed by atoms with Gasteiger partial charge in [-0.05, 0) is 53.5 Å². The van der Waals surface area contributed by atoms with Gasteiger partial charge in [-0.3, -0.25) is 0 Å². The van der Waals surface area contributed by atoms with Crippen molar-refractivity contribution < 1.29 is 4.39 Å². The van der Waals surface area contributed by atoms with Crippen molar-refractivity contribution in [3.05, 3.63) is 71.0 Å². The first-order chi connectivity index (χ1) is 11.8. The number of hydrogen-bond donors (Lipinski definition) is 2. The van der Waals surface area contributed by atoms with E-state index in [2.05, 4.69) is 50.4 Å². The molecule has 134 valence electrons. The van der Waals surface area contributed by atoms with Crippen molar-refractivity contribution in [3.8, 4) is 0 Å². The molecule has 3 rings (SSSR count). The van der Waals surface area contributed by atoms with Crippen LogP contribution in [0.3, 0.4) is 0 Å². The van der Waals surface area contributed by atoms with Gasteiger partial charge in [-0.1, -0.05) is 57.2 Å². The van der Waals surface area contributed by atoms with Crippen molar-refractivity contribution in [2.45, 2.75) is 58.2 Å². The second-order valence-electron chi connectivity index (χ2n) is 8.28. The van der Waals surface area contributed by atoms with Crippen LogP contribution in [0, 0.1) is 11.2 Å². The smallest absolute Gasteiger partial charge is 0.123 e. The molecule has 25 heavy (non-hydrogen) atoms. The highest BCUT2D eigenvalue weighted by Gasteiger charge is 2.33. The van der Waals surface area contributed by atoms with Crippen LogP contribution < -0.4 is 11.1 Å². The standard InChI is InChI=1S/C22H29FN2/c1-22(2,3)21(12-11-15-7-6-8-16(23)13-15)25-20-14-19(24)17-9-4-5-10-18(17)20/h4-10,13,19-21,25H,11-12,14,24H2,1-3H3. The van der Waals surface area contributed by atoms with Crippen LogP contribution in [0.1, 0.15) is 62.4 Å². The van der Waals surface area contributed by atoms with Crippen LogP contribution >= 0.6 is 0 Å². The highest BCUT2D eigenvalue weighted by atomic mass is 19.1. The van der Waals surface area contributed by atoms with Crippen LogP contribution in [0.5, 0.6) is 0 Å². The van der Waals surface area contributed by atoms with Crippen molar-refractivity contribution in [1.29, 1.82) is 0 Å². The summed E-state index contributed by atoms with van der Waals surface area (Å²) in [7, 11) is 0. The molecular formula is C22H29FN2. The zero-order valence-electron chi connectivity index (χ0n) is 15.4. The lowest BCUT2D eigenvalue weighted by Gasteiger charge is -2.34. The first-order valence-electron chi connectivity index (χ1n) is 9.19. The van der Waals surface area contributed by atoms with Gasteiger partial charge in [0.15, 0.2) is 0 Å². The number of benzene rings is 2. The largest absolute Gasteiger partial charge is 0.324 e. The summed E-state index contributed by atoms with van der Waals surface area (Å²) in [4.78, 5) is 0. The minimum atomic E-state index is -0.159. The zero-order valence-corrected chi connectivity index (χ0v) is 15.4. The van der Waals surface area contributed by atoms with E-state index in [4.69, 9.17) is 5.73 Å². The van der Waals surface area contributed by atoms with Gasteiger partial charge in [0.25, 0.3) is 0 Å². The van der Waals surface area contributed by atoms with E-state index in [-0.39, 0.29) is 17.3 Å². The molecule has 0 spiro atoms. The van der Waals surface area contributed by atoms with E-state index in [9.17, 15) is 4.39 Å². The monoisotopic (exact) mass is 340 g/mol. The Bertz CT molecular complexity index is 720. The van der Waals surface area contributed by atoms with Crippen LogP contribution in [0.4, 0.5) is 4.39 Å². The molecule has 2 aromatic carbocycles. The van der Waals surface area contributed by atoms with Gasteiger partial charge in [0.05, 0.1) is 0 Å². The molecule has 3 N–H and O–H groups in total. The van der Waals surface area contributed by atoms with Gasteiger partial charge in [-0.15, -0.1) is 0 Å². The molecule has 0 fully saturated rings. The van der Waals surface area contributed by atoms with E-state index in [0.29, 0.717) is 12.1 Å². The summed E-state index contributed by atoms with van der Waals surface area (Å²) in [5.41, 5.74) is 10.1. The van der Waals surface area contributed by atoms with Gasteiger partial charge < -0.3 is 11.1 Å². The summed E-state index contributed by atoms with van der Waals surface area (Å²) in [6.45, 7) is 6.78. The van der Waals surface area contributed by atoms with Crippen molar-refractivity contribution in [2.24, 2.45) is 11.1 Å². The summed E-state index contributed by atoms with van der Waals surface area (Å²) in [6, 6.07) is 16.1. The Morgan fingerprint density at radius 2 is 1.84 bits per heavy atom. The quantitative estimate of drug-likeness (QED) is 0.812. The lowest BCUT2D eigenvalue weighted by atomic mass is 9.82. The van der Waals surface area contributed by atoms with Crippen LogP contribution in [-0.4, -0.2) is 6.04 Å². The van der Waals surface area contributed by atoms with Crippen molar-refractivity contribution in [3.63, 3.8) is 0 Å². The van der Waals surface area contributed by atoms with E-state index in [0.717, 1.165) is 24.8 Å². The zero-order chi connectivity index (χ0) is 18.0. The number of nitrogens with two attached hydrogens (primary N) is 1. The number of fused-ring (bicyclic) bond motifs is 1. The third kappa shape index (κ3) is 4.28. The van der Waals surface area contributed by atoms with Crippen LogP contribution in [0.15, 0.2) is 48.5 Å². The average molecular weight is 340 g/mol. The maximum Gasteiger partial charge on any atom is 0.123 e. The third-order valence-corrected chi connectivity index (χ3v) is 5.32. The lowest BCUT2D eigenvalue weighted by molar-refractivity contribution is 0.231. The summed E-state index contributed by atoms with van der Waals surface area (Å²) in [6.07, 6.45) is 2.78. The predicted molar refractivity (Wildman–Crippen MR) is 102 cm³/mol. The fourth-order valence-corrected chi connectivity index (χ4v) is 3.84. The highest BCUT2D eigenvalue weighted by molar-refractivity contribution is 5.37. The molecule has 0 heterocycles. The Hall–Kier alpha value is -1.71. The van der Waals surface area contributed by atoms with E-state index in [1.807, 2.05) is 6.07 Å². The lowest BCUT2D eigenvalue weighted by Crippen LogP contribution is -2.42. The summed E-state index contributed by atoms with van der Waals surface area (Å²) < 4.78 is 13.4. The highest BCUT2D eigenvalue weighted by Crippen LogP contribution is 2.38. The van der Waals surface area contributed by atoms with Crippen molar-refractivity contribution in [2.75, 3.05) is 0 Å². The van der Waals surface area contributed by atoms with E-state index >= 15 is 0 Å². The topological polar surface area (TPSA) is 38.0 Å². The maximum atomic E-state index is 13.4. The summed E-state index contributed by atoms with van der Waals surface area (Å²) in [5.74, 6) is -0.159. The molecule has 3 heteroatoms. The van der Waals surface area contributed by atoms with E-state index in [1.54, 1.807) is 12.1 Å². The van der Waals surface area contributed by atoms with E-state index in [1.165, 1.54) is 17.2 Å². The second-order valence-corrected chi connectivity index (χ2v) is 8.28. The second kappa shape index (κ2) is 7.27. The molecular weight excluding hydrogens is 311 g/mol. The van der Waals surface area contributed by atoms with Gasteiger partial charge >= 0.3 is 0 Å². The molecule has 0 saturated carbocycles. The SMILES string of the molecule is CC(C)(C)C(CCc1cccc(F)c1)NC1CC(N)c2ccccc21. The van der Waals surface area contributed by atoms with Crippen LogP contribution in [0.2, 0.25) is 0 Å². The molecule has 1 aliphatic carbocycles. The van der Waals surface area contributed by atoms with Gasteiger partial charge in [0.1, 0.15) is 5.82 Å². The van der Waals surface area contributed by atoms with Gasteiger partial charge in [0, 0.05) is 18.1 Å². The number of hydrogen-bond acceptors (Lipinski definition) is 2. The Kier molecular flexibility index (Phi) is 5.26. The first kappa shape index (κ1) is 18.1. The molecule has 0 bridgehead atoms. The minimum Gasteiger partial charge on any atom is -0.324 e. The summed E-state index contributed by atoms with van der Waals surface area (Å²) >= 11 is 0. The maximum absolute atomic E-state index is 13.4. The fourth-order valence-electron chi connectivity index (χ4n) is 3.84. The molecule has 0 radical (unpaired) electrons. The average Bonchev–Trinajstić information content (AvgIpc) is 2.87. The third-order valence-electron chi connectivity index (χ3n) is 5.32. The molecule has 3 unspecified atom stereocenters. The first-order valence-corrected chi connectivity index (χ1v) is 9.19. The van der Waals surface area contributed by atoms with E-state index < -0.39 is 0 Å². The number of halogens is 1. The normalized spacial score (nSPS) is 21.2. The molecule has 2 aromatic rings.